The third-order valence-corrected chi connectivity index (χ3v) is 5.91. The number of hydrogen-bond donors (Lipinski definition) is 0. The van der Waals surface area contributed by atoms with Gasteiger partial charge in [0.2, 0.25) is 0 Å². The van der Waals surface area contributed by atoms with Crippen molar-refractivity contribution in [1.82, 2.24) is 0 Å². The lowest BCUT2D eigenvalue weighted by molar-refractivity contribution is -0.105. The summed E-state index contributed by atoms with van der Waals surface area (Å²) in [5, 5.41) is 0. The molecule has 0 heterocycles. The number of rotatable bonds is 1. The van der Waals surface area contributed by atoms with E-state index in [-0.39, 0.29) is 0 Å². The Bertz CT molecular complexity index is 366. The number of allylic oxidation sites excluding steroid dienone is 2. The van der Waals surface area contributed by atoms with Crippen molar-refractivity contribution >= 4 is 6.29 Å². The number of carbonyl (C=O) groups is 1. The molecule has 0 amide bonds. The van der Waals surface area contributed by atoms with Crippen LogP contribution in [0.5, 0.6) is 0 Å². The van der Waals surface area contributed by atoms with Gasteiger partial charge >= 0.3 is 0 Å². The van der Waals surface area contributed by atoms with E-state index in [0.717, 1.165) is 36.0 Å². The van der Waals surface area contributed by atoms with Gasteiger partial charge in [-0.1, -0.05) is 26.8 Å². The Labute approximate surface area is 98.3 Å². The van der Waals surface area contributed by atoms with Gasteiger partial charge in [-0.2, -0.15) is 0 Å². The zero-order chi connectivity index (χ0) is 11.6. The fourth-order valence-corrected chi connectivity index (χ4v) is 4.93. The molecule has 0 aromatic heterocycles. The van der Waals surface area contributed by atoms with Crippen LogP contribution in [0.25, 0.3) is 0 Å². The Hall–Kier alpha value is -0.590. The SMILES string of the molecule is C[C@@H]1CC[C@H]2[C@H](C2(C)C)[C@@]12C=C(C=O)CC2. The lowest BCUT2D eigenvalue weighted by atomic mass is 9.65. The topological polar surface area (TPSA) is 17.1 Å². The number of fused-ring (bicyclic) bond motifs is 2. The van der Waals surface area contributed by atoms with E-state index < -0.39 is 0 Å². The molecular formula is C15H22O. The molecule has 0 bridgehead atoms. The Morgan fingerprint density at radius 1 is 1.38 bits per heavy atom. The first-order valence-corrected chi connectivity index (χ1v) is 6.69. The minimum atomic E-state index is 0.378. The van der Waals surface area contributed by atoms with Crippen LogP contribution in [-0.2, 0) is 4.79 Å². The first kappa shape index (κ1) is 10.6. The Morgan fingerprint density at radius 2 is 2.12 bits per heavy atom. The second kappa shape index (κ2) is 3.00. The minimum absolute atomic E-state index is 0.378. The molecule has 1 heteroatoms. The van der Waals surface area contributed by atoms with Crippen LogP contribution in [0.2, 0.25) is 0 Å². The highest BCUT2D eigenvalue weighted by Crippen LogP contribution is 2.75. The van der Waals surface area contributed by atoms with Crippen molar-refractivity contribution in [2.75, 3.05) is 0 Å². The minimum Gasteiger partial charge on any atom is -0.298 e. The summed E-state index contributed by atoms with van der Waals surface area (Å²) in [6.45, 7) is 7.25. The van der Waals surface area contributed by atoms with Gasteiger partial charge in [-0.05, 0) is 59.8 Å². The normalized spacial score (nSPS) is 48.7. The molecule has 88 valence electrons. The fraction of sp³-hybridized carbons (Fsp3) is 0.800. The van der Waals surface area contributed by atoms with E-state index in [0.29, 0.717) is 10.8 Å². The molecule has 3 aliphatic carbocycles. The highest BCUT2D eigenvalue weighted by atomic mass is 16.1. The summed E-state index contributed by atoms with van der Waals surface area (Å²) in [7, 11) is 0. The number of hydrogen-bond acceptors (Lipinski definition) is 1. The molecule has 2 saturated carbocycles. The van der Waals surface area contributed by atoms with Crippen molar-refractivity contribution in [1.29, 1.82) is 0 Å². The maximum atomic E-state index is 11.0. The summed E-state index contributed by atoms with van der Waals surface area (Å²) in [4.78, 5) is 11.0. The molecule has 4 atom stereocenters. The van der Waals surface area contributed by atoms with E-state index >= 15 is 0 Å². The van der Waals surface area contributed by atoms with Crippen molar-refractivity contribution in [2.45, 2.75) is 46.5 Å². The van der Waals surface area contributed by atoms with Gasteiger partial charge in [0.05, 0.1) is 0 Å². The van der Waals surface area contributed by atoms with Gasteiger partial charge in [0.15, 0.2) is 0 Å². The highest BCUT2D eigenvalue weighted by Gasteiger charge is 2.68. The van der Waals surface area contributed by atoms with Gasteiger partial charge in [-0.25, -0.2) is 0 Å². The van der Waals surface area contributed by atoms with Crippen LogP contribution in [-0.4, -0.2) is 6.29 Å². The predicted molar refractivity (Wildman–Crippen MR) is 65.0 cm³/mol. The predicted octanol–water partition coefficient (Wildman–Crippen LogP) is 3.59. The maximum Gasteiger partial charge on any atom is 0.145 e. The van der Waals surface area contributed by atoms with E-state index in [1.807, 2.05) is 0 Å². The molecule has 0 radical (unpaired) electrons. The second-order valence-electron chi connectivity index (χ2n) is 6.83. The molecular weight excluding hydrogens is 196 g/mol. The van der Waals surface area contributed by atoms with Crippen LogP contribution in [0.4, 0.5) is 0 Å². The van der Waals surface area contributed by atoms with Crippen molar-refractivity contribution in [3.05, 3.63) is 11.6 Å². The Morgan fingerprint density at radius 3 is 2.75 bits per heavy atom. The standard InChI is InChI=1S/C15H22O/c1-10-4-5-12-13(14(12,2)3)15(10)7-6-11(8-15)9-16/h8-10,12-13H,4-7H2,1-3H3/t10-,12+,13-,15+/m1/s1. The van der Waals surface area contributed by atoms with Crippen molar-refractivity contribution < 1.29 is 4.79 Å². The Balaban J connectivity index is 1.99. The monoisotopic (exact) mass is 218 g/mol. The summed E-state index contributed by atoms with van der Waals surface area (Å²) < 4.78 is 0. The van der Waals surface area contributed by atoms with Crippen LogP contribution >= 0.6 is 0 Å². The molecule has 3 aliphatic rings. The molecule has 0 unspecified atom stereocenters. The molecule has 0 aliphatic heterocycles. The largest absolute Gasteiger partial charge is 0.298 e. The summed E-state index contributed by atoms with van der Waals surface area (Å²) in [5.41, 5.74) is 1.97. The highest BCUT2D eigenvalue weighted by molar-refractivity contribution is 5.74. The summed E-state index contributed by atoms with van der Waals surface area (Å²) in [6.07, 6.45) is 8.45. The molecule has 0 aromatic rings. The molecule has 2 fully saturated rings. The molecule has 16 heavy (non-hydrogen) atoms. The summed E-state index contributed by atoms with van der Waals surface area (Å²) >= 11 is 0. The summed E-state index contributed by atoms with van der Waals surface area (Å²) in [5.74, 6) is 2.54. The van der Waals surface area contributed by atoms with Gasteiger partial charge in [-0.3, -0.25) is 4.79 Å². The van der Waals surface area contributed by atoms with Crippen LogP contribution < -0.4 is 0 Å². The van der Waals surface area contributed by atoms with Gasteiger partial charge in [0.25, 0.3) is 0 Å². The molecule has 0 N–H and O–H groups in total. The van der Waals surface area contributed by atoms with Crippen molar-refractivity contribution in [2.24, 2.45) is 28.6 Å². The zero-order valence-electron chi connectivity index (χ0n) is 10.6. The number of carbonyl (C=O) groups excluding carboxylic acids is 1. The smallest absolute Gasteiger partial charge is 0.145 e. The third-order valence-electron chi connectivity index (χ3n) is 5.91. The van der Waals surface area contributed by atoms with E-state index in [9.17, 15) is 4.79 Å². The summed E-state index contributed by atoms with van der Waals surface area (Å²) in [6, 6.07) is 0. The quantitative estimate of drug-likeness (QED) is 0.615. The van der Waals surface area contributed by atoms with E-state index in [1.54, 1.807) is 0 Å². The van der Waals surface area contributed by atoms with E-state index in [2.05, 4.69) is 26.8 Å². The lowest BCUT2D eigenvalue weighted by Gasteiger charge is -2.39. The van der Waals surface area contributed by atoms with Crippen LogP contribution in [0, 0.1) is 28.6 Å². The molecule has 3 rings (SSSR count). The maximum absolute atomic E-state index is 11.0. The first-order valence-electron chi connectivity index (χ1n) is 6.69. The van der Waals surface area contributed by atoms with Crippen LogP contribution in [0.3, 0.4) is 0 Å². The van der Waals surface area contributed by atoms with Gasteiger partial charge < -0.3 is 0 Å². The molecule has 1 nitrogen and oxygen atoms in total. The van der Waals surface area contributed by atoms with Crippen LogP contribution in [0.1, 0.15) is 46.5 Å². The fourth-order valence-electron chi connectivity index (χ4n) is 4.93. The van der Waals surface area contributed by atoms with E-state index in [4.69, 9.17) is 0 Å². The van der Waals surface area contributed by atoms with Crippen LogP contribution in [0.15, 0.2) is 11.6 Å². The molecule has 1 spiro atoms. The Kier molecular flexibility index (Phi) is 1.98. The lowest BCUT2D eigenvalue weighted by Crippen LogP contribution is -2.31. The third kappa shape index (κ3) is 1.10. The van der Waals surface area contributed by atoms with Gasteiger partial charge in [-0.15, -0.1) is 0 Å². The number of aldehydes is 1. The van der Waals surface area contributed by atoms with Crippen molar-refractivity contribution in [3.8, 4) is 0 Å². The van der Waals surface area contributed by atoms with Gasteiger partial charge in [0.1, 0.15) is 6.29 Å². The average Bonchev–Trinajstić information content (AvgIpc) is 2.64. The van der Waals surface area contributed by atoms with Gasteiger partial charge in [0, 0.05) is 0 Å². The first-order chi connectivity index (χ1) is 7.52. The second-order valence-corrected chi connectivity index (χ2v) is 6.83. The average molecular weight is 218 g/mol. The van der Waals surface area contributed by atoms with Crippen molar-refractivity contribution in [3.63, 3.8) is 0 Å². The molecule has 0 saturated heterocycles. The zero-order valence-corrected chi connectivity index (χ0v) is 10.6. The van der Waals surface area contributed by atoms with E-state index in [1.165, 1.54) is 19.3 Å². The molecule has 0 aromatic carbocycles.